The van der Waals surface area contributed by atoms with E-state index in [1.807, 2.05) is 30.3 Å². The predicted molar refractivity (Wildman–Crippen MR) is 81.3 cm³/mol. The highest BCUT2D eigenvalue weighted by atomic mass is 19.1. The van der Waals surface area contributed by atoms with E-state index >= 15 is 0 Å². The van der Waals surface area contributed by atoms with Gasteiger partial charge in [-0.3, -0.25) is 4.79 Å². The Hall–Kier alpha value is -1.91. The summed E-state index contributed by atoms with van der Waals surface area (Å²) < 4.78 is 20.1. The molecule has 1 saturated heterocycles. The number of nitrogens with zero attached hydrogens (tertiary/aromatic N) is 1. The quantitative estimate of drug-likeness (QED) is 0.807. The molecule has 5 heteroatoms. The highest BCUT2D eigenvalue weighted by molar-refractivity contribution is 5.72. The molecule has 0 saturated carbocycles. The summed E-state index contributed by atoms with van der Waals surface area (Å²) in [6.07, 6.45) is 0.160. The molecule has 0 spiro atoms. The van der Waals surface area contributed by atoms with E-state index in [-0.39, 0.29) is 13.1 Å². The first kappa shape index (κ1) is 16.5. The van der Waals surface area contributed by atoms with E-state index in [2.05, 4.69) is 0 Å². The number of carbonyl (C=O) groups excluding carboxylic acids is 2. The van der Waals surface area contributed by atoms with Crippen molar-refractivity contribution in [2.24, 2.45) is 5.92 Å². The van der Waals surface area contributed by atoms with Gasteiger partial charge >= 0.3 is 6.09 Å². The van der Waals surface area contributed by atoms with Gasteiger partial charge in [0.05, 0.1) is 6.54 Å². The van der Waals surface area contributed by atoms with Crippen LogP contribution in [0.2, 0.25) is 0 Å². The van der Waals surface area contributed by atoms with Crippen molar-refractivity contribution in [3.8, 4) is 0 Å². The number of halogens is 1. The fourth-order valence-electron chi connectivity index (χ4n) is 2.64. The normalized spacial score (nSPS) is 25.1. The molecule has 0 N–H and O–H groups in total. The minimum atomic E-state index is -2.02. The van der Waals surface area contributed by atoms with E-state index < -0.39 is 23.3 Å². The minimum absolute atomic E-state index is 0.180. The van der Waals surface area contributed by atoms with Gasteiger partial charge in [-0.1, -0.05) is 30.3 Å². The van der Waals surface area contributed by atoms with Crippen LogP contribution in [-0.4, -0.2) is 41.6 Å². The number of likely N-dealkylation sites (tertiary alicyclic amines) is 1. The zero-order valence-electron chi connectivity index (χ0n) is 13.2. The second-order valence-electron chi connectivity index (χ2n) is 6.79. The van der Waals surface area contributed by atoms with Gasteiger partial charge in [0.1, 0.15) is 5.60 Å². The SMILES string of the molecule is CC(C)(C)OC(=O)N1CC(Cc2ccccc2)C(F)(C=O)C1. The molecular weight excluding hydrogens is 285 g/mol. The number of rotatable bonds is 3. The molecule has 1 fully saturated rings. The maximum Gasteiger partial charge on any atom is 0.410 e. The van der Waals surface area contributed by atoms with Crippen molar-refractivity contribution in [1.29, 1.82) is 0 Å². The Balaban J connectivity index is 2.10. The standard InChI is InChI=1S/C17H22FNO3/c1-16(2,3)22-15(21)19-10-14(17(18,11-19)12-20)9-13-7-5-4-6-8-13/h4-8,12,14H,9-11H2,1-3H3. The maximum absolute atomic E-state index is 14.8. The zero-order chi connectivity index (χ0) is 16.4. The largest absolute Gasteiger partial charge is 0.444 e. The summed E-state index contributed by atoms with van der Waals surface area (Å²) in [7, 11) is 0. The molecule has 2 atom stereocenters. The number of amides is 1. The van der Waals surface area contributed by atoms with Crippen LogP contribution in [0.25, 0.3) is 0 Å². The van der Waals surface area contributed by atoms with E-state index in [0.717, 1.165) is 5.56 Å². The minimum Gasteiger partial charge on any atom is -0.444 e. The number of ether oxygens (including phenoxy) is 1. The molecule has 0 aliphatic carbocycles. The van der Waals surface area contributed by atoms with Gasteiger partial charge in [0.15, 0.2) is 12.0 Å². The van der Waals surface area contributed by atoms with Crippen molar-refractivity contribution < 1.29 is 18.7 Å². The molecule has 1 aliphatic heterocycles. The van der Waals surface area contributed by atoms with Crippen LogP contribution in [0.4, 0.5) is 9.18 Å². The monoisotopic (exact) mass is 307 g/mol. The second kappa shape index (κ2) is 6.07. The Labute approximate surface area is 130 Å². The van der Waals surface area contributed by atoms with Crippen LogP contribution in [-0.2, 0) is 16.0 Å². The lowest BCUT2D eigenvalue weighted by atomic mass is 9.88. The number of carbonyl (C=O) groups is 2. The van der Waals surface area contributed by atoms with Gasteiger partial charge < -0.3 is 9.64 Å². The van der Waals surface area contributed by atoms with E-state index in [9.17, 15) is 14.0 Å². The first-order chi connectivity index (χ1) is 10.2. The second-order valence-corrected chi connectivity index (χ2v) is 6.79. The lowest BCUT2D eigenvalue weighted by Gasteiger charge is -2.24. The topological polar surface area (TPSA) is 46.6 Å². The number of alkyl halides is 1. The Bertz CT molecular complexity index is 541. The summed E-state index contributed by atoms with van der Waals surface area (Å²) in [6.45, 7) is 5.20. The maximum atomic E-state index is 14.8. The smallest absolute Gasteiger partial charge is 0.410 e. The summed E-state index contributed by atoms with van der Waals surface area (Å²) in [4.78, 5) is 24.6. The molecule has 0 radical (unpaired) electrons. The highest BCUT2D eigenvalue weighted by Crippen LogP contribution is 2.33. The van der Waals surface area contributed by atoms with Crippen LogP contribution < -0.4 is 0 Å². The highest BCUT2D eigenvalue weighted by Gasteiger charge is 2.49. The van der Waals surface area contributed by atoms with Gasteiger partial charge in [-0.15, -0.1) is 0 Å². The molecular formula is C17H22FNO3. The van der Waals surface area contributed by atoms with Crippen molar-refractivity contribution in [2.75, 3.05) is 13.1 Å². The van der Waals surface area contributed by atoms with Crippen LogP contribution >= 0.6 is 0 Å². The molecule has 22 heavy (non-hydrogen) atoms. The summed E-state index contributed by atoms with van der Waals surface area (Å²) in [6, 6.07) is 9.41. The van der Waals surface area contributed by atoms with Gasteiger partial charge in [0.2, 0.25) is 0 Å². The molecule has 0 aromatic heterocycles. The summed E-state index contributed by atoms with van der Waals surface area (Å²) in [5.74, 6) is -0.556. The first-order valence-corrected chi connectivity index (χ1v) is 7.40. The summed E-state index contributed by atoms with van der Waals surface area (Å²) in [5, 5.41) is 0. The van der Waals surface area contributed by atoms with Crippen LogP contribution in [0.5, 0.6) is 0 Å². The molecule has 120 valence electrons. The van der Waals surface area contributed by atoms with Crippen molar-refractivity contribution in [1.82, 2.24) is 4.90 Å². The average molecular weight is 307 g/mol. The molecule has 2 unspecified atom stereocenters. The Morgan fingerprint density at radius 1 is 1.41 bits per heavy atom. The van der Waals surface area contributed by atoms with E-state index in [1.165, 1.54) is 4.90 Å². The van der Waals surface area contributed by atoms with Crippen LogP contribution in [0.15, 0.2) is 30.3 Å². The lowest BCUT2D eigenvalue weighted by molar-refractivity contribution is -0.119. The molecule has 0 bridgehead atoms. The van der Waals surface area contributed by atoms with Crippen molar-refractivity contribution in [2.45, 2.75) is 38.5 Å². The zero-order valence-corrected chi connectivity index (χ0v) is 13.2. The third kappa shape index (κ3) is 3.84. The third-order valence-corrected chi connectivity index (χ3v) is 3.73. The molecule has 1 amide bonds. The predicted octanol–water partition coefficient (Wildman–Crippen LogP) is 3.00. The molecule has 4 nitrogen and oxygen atoms in total. The van der Waals surface area contributed by atoms with Crippen LogP contribution in [0, 0.1) is 5.92 Å². The number of benzene rings is 1. The van der Waals surface area contributed by atoms with Crippen molar-refractivity contribution in [3.63, 3.8) is 0 Å². The molecule has 1 aromatic carbocycles. The Morgan fingerprint density at radius 2 is 2.05 bits per heavy atom. The van der Waals surface area contributed by atoms with Gasteiger partial charge in [-0.05, 0) is 32.8 Å². The summed E-state index contributed by atoms with van der Waals surface area (Å²) >= 11 is 0. The van der Waals surface area contributed by atoms with Gasteiger partial charge in [0, 0.05) is 12.5 Å². The number of hydrogen-bond acceptors (Lipinski definition) is 3. The molecule has 1 aromatic rings. The number of hydrogen-bond donors (Lipinski definition) is 0. The molecule has 2 rings (SSSR count). The Morgan fingerprint density at radius 3 is 2.59 bits per heavy atom. The van der Waals surface area contributed by atoms with Crippen LogP contribution in [0.3, 0.4) is 0 Å². The average Bonchev–Trinajstić information content (AvgIpc) is 2.77. The third-order valence-electron chi connectivity index (χ3n) is 3.73. The number of aldehydes is 1. The fraction of sp³-hybridized carbons (Fsp3) is 0.529. The lowest BCUT2D eigenvalue weighted by Crippen LogP contribution is -2.38. The van der Waals surface area contributed by atoms with E-state index in [4.69, 9.17) is 4.74 Å². The van der Waals surface area contributed by atoms with Crippen LogP contribution in [0.1, 0.15) is 26.3 Å². The first-order valence-electron chi connectivity index (χ1n) is 7.40. The van der Waals surface area contributed by atoms with Gasteiger partial charge in [-0.2, -0.15) is 0 Å². The Kier molecular flexibility index (Phi) is 4.54. The van der Waals surface area contributed by atoms with E-state index in [1.54, 1.807) is 20.8 Å². The van der Waals surface area contributed by atoms with E-state index in [0.29, 0.717) is 12.7 Å². The molecule has 1 aliphatic rings. The summed E-state index contributed by atoms with van der Waals surface area (Å²) in [5.41, 5.74) is -1.72. The van der Waals surface area contributed by atoms with Crippen molar-refractivity contribution >= 4 is 12.4 Å². The fourth-order valence-corrected chi connectivity index (χ4v) is 2.64. The molecule has 1 heterocycles. The van der Waals surface area contributed by atoms with Gasteiger partial charge in [0.25, 0.3) is 0 Å². The van der Waals surface area contributed by atoms with Gasteiger partial charge in [-0.25, -0.2) is 9.18 Å². The van der Waals surface area contributed by atoms with Crippen molar-refractivity contribution in [3.05, 3.63) is 35.9 Å².